The molecule has 188 valence electrons. The third-order valence-electron chi connectivity index (χ3n) is 6.49. The number of anilines is 3. The van der Waals surface area contributed by atoms with Crippen molar-refractivity contribution in [2.24, 2.45) is 0 Å². The first kappa shape index (κ1) is 24.3. The predicted octanol–water partition coefficient (Wildman–Crippen LogP) is 4.76. The van der Waals surface area contributed by atoms with E-state index in [-0.39, 0.29) is 5.60 Å². The number of hydrogen-bond donors (Lipinski definition) is 1. The van der Waals surface area contributed by atoms with E-state index in [1.165, 1.54) is 0 Å². The number of aromatic nitrogens is 3. The molecule has 1 fully saturated rings. The minimum absolute atomic E-state index is 0.165. The van der Waals surface area contributed by atoms with E-state index in [0.29, 0.717) is 40.4 Å². The number of nitrogens with zero attached hydrogens (tertiary/aromatic N) is 5. The second-order valence-electron chi connectivity index (χ2n) is 9.29. The van der Waals surface area contributed by atoms with E-state index < -0.39 is 0 Å². The fourth-order valence-corrected chi connectivity index (χ4v) is 4.26. The van der Waals surface area contributed by atoms with Gasteiger partial charge in [0.05, 0.1) is 43.2 Å². The number of nitriles is 1. The maximum Gasteiger partial charge on any atom is 0.162 e. The van der Waals surface area contributed by atoms with E-state index in [1.807, 2.05) is 49.4 Å². The highest BCUT2D eigenvalue weighted by molar-refractivity contribution is 5.89. The van der Waals surface area contributed by atoms with Crippen LogP contribution in [0, 0.1) is 18.3 Å². The molecule has 0 spiro atoms. The number of benzene rings is 2. The van der Waals surface area contributed by atoms with Gasteiger partial charge in [0.1, 0.15) is 29.6 Å². The lowest BCUT2D eigenvalue weighted by Crippen LogP contribution is -2.61. The molecule has 1 saturated heterocycles. The minimum Gasteiger partial charge on any atom is -0.493 e. The molecule has 0 amide bonds. The fourth-order valence-electron chi connectivity index (χ4n) is 4.26. The topological polar surface area (TPSA) is 105 Å². The molecule has 2 aromatic carbocycles. The van der Waals surface area contributed by atoms with Gasteiger partial charge in [-0.3, -0.25) is 4.98 Å². The van der Waals surface area contributed by atoms with Gasteiger partial charge in [-0.25, -0.2) is 9.97 Å². The fraction of sp³-hybridized carbons (Fsp3) is 0.286. The van der Waals surface area contributed by atoms with Crippen LogP contribution in [0.3, 0.4) is 0 Å². The average molecular weight is 497 g/mol. The van der Waals surface area contributed by atoms with Crippen molar-refractivity contribution < 1.29 is 14.2 Å². The summed E-state index contributed by atoms with van der Waals surface area (Å²) in [5.74, 6) is 1.96. The van der Waals surface area contributed by atoms with E-state index in [1.54, 1.807) is 26.6 Å². The third kappa shape index (κ3) is 4.97. The van der Waals surface area contributed by atoms with E-state index in [2.05, 4.69) is 33.2 Å². The zero-order valence-corrected chi connectivity index (χ0v) is 21.3. The SMILES string of the molecule is COc1cc(Nc2ccc3nc(N4CC(C)(OC)C4)cnc3c2C#N)ccc1OCc1ccc(C)nc1. The van der Waals surface area contributed by atoms with Gasteiger partial charge >= 0.3 is 0 Å². The maximum absolute atomic E-state index is 9.94. The van der Waals surface area contributed by atoms with Crippen molar-refractivity contribution in [2.75, 3.05) is 37.5 Å². The molecule has 0 unspecified atom stereocenters. The van der Waals surface area contributed by atoms with Crippen molar-refractivity contribution in [3.63, 3.8) is 0 Å². The van der Waals surface area contributed by atoms with E-state index >= 15 is 0 Å². The number of methoxy groups -OCH3 is 2. The highest BCUT2D eigenvalue weighted by Gasteiger charge is 2.39. The molecule has 9 nitrogen and oxygen atoms in total. The predicted molar refractivity (Wildman–Crippen MR) is 141 cm³/mol. The monoisotopic (exact) mass is 496 g/mol. The van der Waals surface area contributed by atoms with Crippen LogP contribution in [0.4, 0.5) is 17.2 Å². The Kier molecular flexibility index (Phi) is 6.51. The van der Waals surface area contributed by atoms with Gasteiger partial charge in [-0.2, -0.15) is 5.26 Å². The van der Waals surface area contributed by atoms with Gasteiger partial charge in [-0.05, 0) is 44.2 Å². The zero-order valence-electron chi connectivity index (χ0n) is 21.3. The van der Waals surface area contributed by atoms with Crippen molar-refractivity contribution in [2.45, 2.75) is 26.1 Å². The van der Waals surface area contributed by atoms with Gasteiger partial charge in [-0.1, -0.05) is 6.07 Å². The van der Waals surface area contributed by atoms with E-state index in [0.717, 1.165) is 35.9 Å². The summed E-state index contributed by atoms with van der Waals surface area (Å²) in [6, 6.07) is 15.5. The molecule has 0 atom stereocenters. The molecule has 1 aliphatic heterocycles. The van der Waals surface area contributed by atoms with Gasteiger partial charge in [-0.15, -0.1) is 0 Å². The van der Waals surface area contributed by atoms with Crippen LogP contribution in [0.5, 0.6) is 11.5 Å². The van der Waals surface area contributed by atoms with Gasteiger partial charge in [0.2, 0.25) is 0 Å². The van der Waals surface area contributed by atoms with Gasteiger partial charge in [0.15, 0.2) is 11.5 Å². The highest BCUT2D eigenvalue weighted by Crippen LogP contribution is 2.34. The molecule has 37 heavy (non-hydrogen) atoms. The number of nitrogens with one attached hydrogen (secondary N) is 1. The standard InChI is InChI=1S/C28H28N6O3/c1-18-5-6-19(13-30-18)15-37-24-10-7-20(11-25(24)35-3)32-22-8-9-23-27(21(22)12-29)31-14-26(33-23)34-16-28(2,17-34)36-4/h5-11,13-14,32H,15-17H2,1-4H3. The molecule has 9 heteroatoms. The van der Waals surface area contributed by atoms with Gasteiger partial charge < -0.3 is 24.4 Å². The van der Waals surface area contributed by atoms with Crippen LogP contribution < -0.4 is 19.7 Å². The molecular formula is C28H28N6O3. The Labute approximate surface area is 215 Å². The molecule has 1 aliphatic rings. The normalized spacial score (nSPS) is 14.1. The summed E-state index contributed by atoms with van der Waals surface area (Å²) in [5, 5.41) is 13.2. The Morgan fingerprint density at radius 1 is 1.05 bits per heavy atom. The number of rotatable bonds is 8. The van der Waals surface area contributed by atoms with Crippen LogP contribution in [0.2, 0.25) is 0 Å². The molecule has 0 aliphatic carbocycles. The zero-order chi connectivity index (χ0) is 26.0. The number of fused-ring (bicyclic) bond motifs is 1. The molecule has 4 aromatic rings. The summed E-state index contributed by atoms with van der Waals surface area (Å²) in [6.45, 7) is 5.89. The first-order valence-electron chi connectivity index (χ1n) is 11.9. The summed E-state index contributed by atoms with van der Waals surface area (Å²) in [7, 11) is 3.31. The van der Waals surface area contributed by atoms with Crippen LogP contribution >= 0.6 is 0 Å². The lowest BCUT2D eigenvalue weighted by molar-refractivity contribution is -0.0171. The van der Waals surface area contributed by atoms with Crippen LogP contribution in [0.1, 0.15) is 23.7 Å². The van der Waals surface area contributed by atoms with Crippen molar-refractivity contribution in [3.8, 4) is 17.6 Å². The molecule has 5 rings (SSSR count). The first-order chi connectivity index (χ1) is 17.9. The molecular weight excluding hydrogens is 468 g/mol. The largest absolute Gasteiger partial charge is 0.493 e. The number of pyridine rings is 1. The molecule has 0 saturated carbocycles. The Hall–Kier alpha value is -4.42. The Balaban J connectivity index is 1.34. The summed E-state index contributed by atoms with van der Waals surface area (Å²) in [6.07, 6.45) is 3.51. The summed E-state index contributed by atoms with van der Waals surface area (Å²) < 4.78 is 17.0. The lowest BCUT2D eigenvalue weighted by Gasteiger charge is -2.47. The molecule has 0 bridgehead atoms. The number of ether oxygens (including phenoxy) is 3. The molecule has 3 heterocycles. The van der Waals surface area contributed by atoms with Crippen LogP contribution in [0.15, 0.2) is 54.9 Å². The summed E-state index contributed by atoms with van der Waals surface area (Å²) in [4.78, 5) is 15.7. The van der Waals surface area contributed by atoms with Crippen molar-refractivity contribution in [3.05, 3.63) is 71.7 Å². The third-order valence-corrected chi connectivity index (χ3v) is 6.49. The lowest BCUT2D eigenvalue weighted by atomic mass is 9.97. The van der Waals surface area contributed by atoms with Crippen molar-refractivity contribution >= 4 is 28.2 Å². The summed E-state index contributed by atoms with van der Waals surface area (Å²) >= 11 is 0. The summed E-state index contributed by atoms with van der Waals surface area (Å²) in [5.41, 5.74) is 4.78. The highest BCUT2D eigenvalue weighted by atomic mass is 16.5. The first-order valence-corrected chi connectivity index (χ1v) is 11.9. The molecule has 1 N–H and O–H groups in total. The maximum atomic E-state index is 9.94. The van der Waals surface area contributed by atoms with Crippen LogP contribution in [-0.2, 0) is 11.3 Å². The van der Waals surface area contributed by atoms with Gasteiger partial charge in [0.25, 0.3) is 0 Å². The Morgan fingerprint density at radius 2 is 1.89 bits per heavy atom. The van der Waals surface area contributed by atoms with Crippen molar-refractivity contribution in [1.82, 2.24) is 15.0 Å². The Morgan fingerprint density at radius 3 is 2.59 bits per heavy atom. The average Bonchev–Trinajstić information content (AvgIpc) is 2.91. The molecule has 2 aromatic heterocycles. The van der Waals surface area contributed by atoms with Crippen LogP contribution in [-0.4, -0.2) is 47.9 Å². The minimum atomic E-state index is -0.165. The Bertz CT molecular complexity index is 1480. The number of aryl methyl sites for hydroxylation is 1. The van der Waals surface area contributed by atoms with E-state index in [4.69, 9.17) is 19.2 Å². The smallest absolute Gasteiger partial charge is 0.162 e. The number of hydrogen-bond acceptors (Lipinski definition) is 9. The van der Waals surface area contributed by atoms with E-state index in [9.17, 15) is 5.26 Å². The van der Waals surface area contributed by atoms with Gasteiger partial charge in [0, 0.05) is 36.3 Å². The second kappa shape index (κ2) is 9.91. The van der Waals surface area contributed by atoms with Crippen LogP contribution in [0.25, 0.3) is 11.0 Å². The molecule has 0 radical (unpaired) electrons. The second-order valence-corrected chi connectivity index (χ2v) is 9.29. The quantitative estimate of drug-likeness (QED) is 0.369. The van der Waals surface area contributed by atoms with Crippen molar-refractivity contribution in [1.29, 1.82) is 5.26 Å².